The van der Waals surface area contributed by atoms with Gasteiger partial charge in [-0.3, -0.25) is 0 Å². The van der Waals surface area contributed by atoms with Gasteiger partial charge in [-0.25, -0.2) is 9.50 Å². The molecule has 102 valence electrons. The second-order valence-corrected chi connectivity index (χ2v) is 5.91. The van der Waals surface area contributed by atoms with Gasteiger partial charge in [0.2, 0.25) is 10.1 Å². The summed E-state index contributed by atoms with van der Waals surface area (Å²) in [7, 11) is 0. The third-order valence-electron chi connectivity index (χ3n) is 3.36. The van der Waals surface area contributed by atoms with Crippen LogP contribution in [-0.4, -0.2) is 27.2 Å². The molecule has 1 aliphatic rings. The highest BCUT2D eigenvalue weighted by atomic mass is 32.1. The Kier molecular flexibility index (Phi) is 2.63. The van der Waals surface area contributed by atoms with E-state index in [0.29, 0.717) is 0 Å². The molecule has 1 unspecified atom stereocenters. The summed E-state index contributed by atoms with van der Waals surface area (Å²) in [5.74, 6) is 1.00. The van der Waals surface area contributed by atoms with E-state index in [1.54, 1.807) is 11.3 Å². The topological polar surface area (TPSA) is 51.5 Å². The highest BCUT2D eigenvalue weighted by Gasteiger charge is 2.22. The Morgan fingerprint density at radius 1 is 1.45 bits per heavy atom. The van der Waals surface area contributed by atoms with Crippen LogP contribution in [-0.2, 0) is 6.42 Å². The highest BCUT2D eigenvalue weighted by Crippen LogP contribution is 2.28. The molecule has 0 spiro atoms. The summed E-state index contributed by atoms with van der Waals surface area (Å²) >= 11 is 1.56. The monoisotopic (exact) mass is 286 g/mol. The van der Waals surface area contributed by atoms with Crippen molar-refractivity contribution >= 4 is 21.4 Å². The standard InChI is InChI=1S/C14H14N4OS/c1-9-8-18-14(16-9)20-13(17-18)15-7-11-6-10-4-2-3-5-12(10)19-11/h2-5,8,11H,6-7H2,1H3,(H,15,17). The van der Waals surface area contributed by atoms with Gasteiger partial charge in [-0.15, -0.1) is 5.10 Å². The molecule has 0 saturated carbocycles. The summed E-state index contributed by atoms with van der Waals surface area (Å²) in [5.41, 5.74) is 2.27. The summed E-state index contributed by atoms with van der Waals surface area (Å²) in [6.45, 7) is 2.72. The van der Waals surface area contributed by atoms with Crippen LogP contribution in [0, 0.1) is 6.92 Å². The van der Waals surface area contributed by atoms with E-state index in [9.17, 15) is 0 Å². The molecular weight excluding hydrogens is 272 g/mol. The lowest BCUT2D eigenvalue weighted by Gasteiger charge is -2.10. The average Bonchev–Trinajstić information content (AvgIpc) is 3.07. The van der Waals surface area contributed by atoms with Gasteiger partial charge < -0.3 is 10.1 Å². The van der Waals surface area contributed by atoms with Crippen LogP contribution in [0.15, 0.2) is 30.5 Å². The molecule has 0 saturated heterocycles. The first-order chi connectivity index (χ1) is 9.78. The Labute approximate surface area is 120 Å². The third kappa shape index (κ3) is 2.02. The van der Waals surface area contributed by atoms with Crippen molar-refractivity contribution in [2.75, 3.05) is 11.9 Å². The number of hydrogen-bond donors (Lipinski definition) is 1. The number of anilines is 1. The lowest BCUT2D eigenvalue weighted by atomic mass is 10.1. The first kappa shape index (κ1) is 11.7. The molecule has 6 heteroatoms. The van der Waals surface area contributed by atoms with Gasteiger partial charge in [0.15, 0.2) is 0 Å². The maximum Gasteiger partial charge on any atom is 0.214 e. The normalized spacial score (nSPS) is 17.1. The van der Waals surface area contributed by atoms with E-state index in [1.165, 1.54) is 5.56 Å². The fourth-order valence-corrected chi connectivity index (χ4v) is 3.28. The fraction of sp³-hybridized carbons (Fsp3) is 0.286. The minimum atomic E-state index is 0.172. The Hall–Kier alpha value is -2.08. The van der Waals surface area contributed by atoms with E-state index in [-0.39, 0.29) is 6.10 Å². The Balaban J connectivity index is 1.42. The molecule has 3 aromatic rings. The molecule has 3 heterocycles. The molecular formula is C14H14N4OS. The van der Waals surface area contributed by atoms with Crippen molar-refractivity contribution in [2.45, 2.75) is 19.4 Å². The molecule has 0 bridgehead atoms. The Morgan fingerprint density at radius 3 is 3.20 bits per heavy atom. The van der Waals surface area contributed by atoms with Gasteiger partial charge in [-0.05, 0) is 18.6 Å². The number of imidazole rings is 1. The van der Waals surface area contributed by atoms with Gasteiger partial charge in [0.1, 0.15) is 11.9 Å². The largest absolute Gasteiger partial charge is 0.488 e. The van der Waals surface area contributed by atoms with Crippen molar-refractivity contribution in [3.8, 4) is 5.75 Å². The van der Waals surface area contributed by atoms with Crippen molar-refractivity contribution in [3.63, 3.8) is 0 Å². The molecule has 5 nitrogen and oxygen atoms in total. The summed E-state index contributed by atoms with van der Waals surface area (Å²) in [4.78, 5) is 5.31. The van der Waals surface area contributed by atoms with E-state index in [0.717, 1.165) is 34.5 Å². The fourth-order valence-electron chi connectivity index (χ4n) is 2.45. The number of ether oxygens (including phenoxy) is 1. The maximum absolute atomic E-state index is 5.90. The smallest absolute Gasteiger partial charge is 0.214 e. The molecule has 1 aliphatic heterocycles. The van der Waals surface area contributed by atoms with Gasteiger partial charge in [0.25, 0.3) is 0 Å². The molecule has 0 fully saturated rings. The summed E-state index contributed by atoms with van der Waals surface area (Å²) < 4.78 is 7.71. The van der Waals surface area contributed by atoms with Crippen molar-refractivity contribution in [2.24, 2.45) is 0 Å². The van der Waals surface area contributed by atoms with E-state index < -0.39 is 0 Å². The van der Waals surface area contributed by atoms with Crippen LogP contribution >= 0.6 is 11.3 Å². The van der Waals surface area contributed by atoms with Crippen LogP contribution in [0.1, 0.15) is 11.3 Å². The number of aryl methyl sites for hydroxylation is 1. The zero-order chi connectivity index (χ0) is 13.5. The van der Waals surface area contributed by atoms with E-state index in [1.807, 2.05) is 29.8 Å². The minimum Gasteiger partial charge on any atom is -0.488 e. The van der Waals surface area contributed by atoms with E-state index >= 15 is 0 Å². The number of hydrogen-bond acceptors (Lipinski definition) is 5. The minimum absolute atomic E-state index is 0.172. The average molecular weight is 286 g/mol. The van der Waals surface area contributed by atoms with Gasteiger partial charge in [0, 0.05) is 6.42 Å². The predicted molar refractivity (Wildman–Crippen MR) is 78.7 cm³/mol. The summed E-state index contributed by atoms with van der Waals surface area (Å²) in [6.07, 6.45) is 3.05. The molecule has 0 amide bonds. The lowest BCUT2D eigenvalue weighted by Crippen LogP contribution is -2.23. The SMILES string of the molecule is Cc1cn2nc(NCC3Cc4ccccc4O3)sc2n1. The van der Waals surface area contributed by atoms with Crippen LogP contribution in [0.3, 0.4) is 0 Å². The van der Waals surface area contributed by atoms with Crippen LogP contribution in [0.4, 0.5) is 5.13 Å². The second-order valence-electron chi connectivity index (χ2n) is 4.95. The maximum atomic E-state index is 5.90. The number of fused-ring (bicyclic) bond motifs is 2. The molecule has 2 aromatic heterocycles. The third-order valence-corrected chi connectivity index (χ3v) is 4.24. The van der Waals surface area contributed by atoms with Crippen LogP contribution in [0.25, 0.3) is 4.96 Å². The second kappa shape index (κ2) is 4.49. The first-order valence-electron chi connectivity index (χ1n) is 6.59. The van der Waals surface area contributed by atoms with Crippen molar-refractivity contribution in [3.05, 3.63) is 41.7 Å². The van der Waals surface area contributed by atoms with Crippen LogP contribution in [0.5, 0.6) is 5.75 Å². The molecule has 1 N–H and O–H groups in total. The Morgan fingerprint density at radius 2 is 2.35 bits per heavy atom. The number of nitrogens with one attached hydrogen (secondary N) is 1. The summed E-state index contributed by atoms with van der Waals surface area (Å²) in [6, 6.07) is 8.20. The zero-order valence-corrected chi connectivity index (χ0v) is 11.9. The van der Waals surface area contributed by atoms with Crippen molar-refractivity contribution in [1.29, 1.82) is 0 Å². The van der Waals surface area contributed by atoms with Crippen molar-refractivity contribution < 1.29 is 4.74 Å². The first-order valence-corrected chi connectivity index (χ1v) is 7.41. The van der Waals surface area contributed by atoms with E-state index in [2.05, 4.69) is 27.5 Å². The number of aromatic nitrogens is 3. The zero-order valence-electron chi connectivity index (χ0n) is 11.0. The van der Waals surface area contributed by atoms with Crippen molar-refractivity contribution in [1.82, 2.24) is 14.6 Å². The van der Waals surface area contributed by atoms with E-state index in [4.69, 9.17) is 4.74 Å². The number of nitrogens with zero attached hydrogens (tertiary/aromatic N) is 3. The molecule has 1 aromatic carbocycles. The number of para-hydroxylation sites is 1. The van der Waals surface area contributed by atoms with Crippen LogP contribution in [0.2, 0.25) is 0 Å². The molecule has 0 radical (unpaired) electrons. The predicted octanol–water partition coefficient (Wildman–Crippen LogP) is 2.51. The lowest BCUT2D eigenvalue weighted by molar-refractivity contribution is 0.246. The number of rotatable bonds is 3. The van der Waals surface area contributed by atoms with Gasteiger partial charge in [-0.1, -0.05) is 29.5 Å². The van der Waals surface area contributed by atoms with Gasteiger partial charge in [-0.2, -0.15) is 0 Å². The van der Waals surface area contributed by atoms with Crippen LogP contribution < -0.4 is 10.1 Å². The van der Waals surface area contributed by atoms with Gasteiger partial charge in [0.05, 0.1) is 18.4 Å². The molecule has 4 rings (SSSR count). The molecule has 0 aliphatic carbocycles. The molecule has 1 atom stereocenters. The van der Waals surface area contributed by atoms with Gasteiger partial charge >= 0.3 is 0 Å². The highest BCUT2D eigenvalue weighted by molar-refractivity contribution is 7.20. The number of benzene rings is 1. The summed E-state index contributed by atoms with van der Waals surface area (Å²) in [5, 5.41) is 8.67. The quantitative estimate of drug-likeness (QED) is 0.804. The molecule has 20 heavy (non-hydrogen) atoms. The Bertz CT molecular complexity index is 707.